The summed E-state index contributed by atoms with van der Waals surface area (Å²) in [5.74, 6) is -0.362. The standard InChI is InChI=1S/C23H22FN3O3/c1-15-12-21(26-30-15)23(29)27-11-3-5-18(14-27)22(28)25-20-6-2-4-17(13-20)16-7-9-19(24)10-8-16/h2,4,6-10,12-13,18H,3,5,11,14H2,1H3,(H,25,28)/t18-/m0/s1. The first kappa shape index (κ1) is 19.8. The van der Waals surface area contributed by atoms with Gasteiger partial charge in [-0.1, -0.05) is 29.4 Å². The van der Waals surface area contributed by atoms with Crippen LogP contribution in [-0.4, -0.2) is 35.0 Å². The normalized spacial score (nSPS) is 16.3. The van der Waals surface area contributed by atoms with Crippen LogP contribution in [0.2, 0.25) is 0 Å². The molecule has 2 aromatic carbocycles. The van der Waals surface area contributed by atoms with Gasteiger partial charge in [-0.2, -0.15) is 0 Å². The predicted molar refractivity (Wildman–Crippen MR) is 110 cm³/mol. The summed E-state index contributed by atoms with van der Waals surface area (Å²) >= 11 is 0. The van der Waals surface area contributed by atoms with E-state index in [-0.39, 0.29) is 29.2 Å². The number of aryl methyl sites for hydroxylation is 1. The lowest BCUT2D eigenvalue weighted by Gasteiger charge is -2.31. The number of nitrogens with zero attached hydrogens (tertiary/aromatic N) is 2. The van der Waals surface area contributed by atoms with Gasteiger partial charge in [-0.25, -0.2) is 4.39 Å². The predicted octanol–water partition coefficient (Wildman–Crippen LogP) is 4.28. The fourth-order valence-corrected chi connectivity index (χ4v) is 3.67. The summed E-state index contributed by atoms with van der Waals surface area (Å²) in [6.07, 6.45) is 1.46. The van der Waals surface area contributed by atoms with Crippen LogP contribution in [0.15, 0.2) is 59.1 Å². The molecular formula is C23H22FN3O3. The van der Waals surface area contributed by atoms with Crippen molar-refractivity contribution in [2.45, 2.75) is 19.8 Å². The minimum atomic E-state index is -0.301. The Morgan fingerprint density at radius 2 is 1.93 bits per heavy atom. The molecule has 4 rings (SSSR count). The topological polar surface area (TPSA) is 75.4 Å². The highest BCUT2D eigenvalue weighted by molar-refractivity contribution is 5.95. The van der Waals surface area contributed by atoms with Gasteiger partial charge in [0.05, 0.1) is 5.92 Å². The Kier molecular flexibility index (Phi) is 5.61. The number of piperidine rings is 1. The molecule has 1 saturated heterocycles. The van der Waals surface area contributed by atoms with Gasteiger partial charge in [0.25, 0.3) is 5.91 Å². The Bertz CT molecular complexity index is 1060. The Morgan fingerprint density at radius 3 is 2.67 bits per heavy atom. The molecule has 0 bridgehead atoms. The lowest BCUT2D eigenvalue weighted by atomic mass is 9.96. The van der Waals surface area contributed by atoms with Gasteiger partial charge in [-0.15, -0.1) is 0 Å². The molecule has 0 aliphatic carbocycles. The van der Waals surface area contributed by atoms with Gasteiger partial charge in [0.2, 0.25) is 5.91 Å². The number of hydrogen-bond donors (Lipinski definition) is 1. The number of anilines is 1. The van der Waals surface area contributed by atoms with Crippen LogP contribution in [0.4, 0.5) is 10.1 Å². The number of likely N-dealkylation sites (tertiary alicyclic amines) is 1. The third-order valence-corrected chi connectivity index (χ3v) is 5.23. The van der Waals surface area contributed by atoms with Gasteiger partial charge in [-0.05, 0) is 55.2 Å². The molecule has 2 amide bonds. The largest absolute Gasteiger partial charge is 0.361 e. The van der Waals surface area contributed by atoms with Crippen LogP contribution < -0.4 is 5.32 Å². The van der Waals surface area contributed by atoms with Gasteiger partial charge < -0.3 is 14.7 Å². The van der Waals surface area contributed by atoms with Crippen molar-refractivity contribution in [2.75, 3.05) is 18.4 Å². The molecule has 1 N–H and O–H groups in total. The van der Waals surface area contributed by atoms with Crippen LogP contribution in [-0.2, 0) is 4.79 Å². The van der Waals surface area contributed by atoms with Gasteiger partial charge in [-0.3, -0.25) is 9.59 Å². The summed E-state index contributed by atoms with van der Waals surface area (Å²) in [7, 11) is 0. The van der Waals surface area contributed by atoms with Crippen molar-refractivity contribution < 1.29 is 18.5 Å². The highest BCUT2D eigenvalue weighted by atomic mass is 19.1. The molecule has 1 atom stereocenters. The van der Waals surface area contributed by atoms with E-state index in [4.69, 9.17) is 4.52 Å². The second-order valence-electron chi connectivity index (χ2n) is 7.49. The van der Waals surface area contributed by atoms with Crippen LogP contribution >= 0.6 is 0 Å². The number of rotatable bonds is 4. The molecule has 1 fully saturated rings. The van der Waals surface area contributed by atoms with Crippen molar-refractivity contribution in [1.82, 2.24) is 10.1 Å². The van der Waals surface area contributed by atoms with Crippen molar-refractivity contribution in [3.63, 3.8) is 0 Å². The zero-order valence-corrected chi connectivity index (χ0v) is 16.6. The van der Waals surface area contributed by atoms with Gasteiger partial charge in [0.15, 0.2) is 5.69 Å². The molecule has 6 nitrogen and oxygen atoms in total. The Balaban J connectivity index is 1.43. The number of hydrogen-bond acceptors (Lipinski definition) is 4. The molecule has 7 heteroatoms. The minimum Gasteiger partial charge on any atom is -0.361 e. The fraction of sp³-hybridized carbons (Fsp3) is 0.261. The van der Waals surface area contributed by atoms with E-state index in [1.807, 2.05) is 24.3 Å². The third-order valence-electron chi connectivity index (χ3n) is 5.23. The maximum Gasteiger partial charge on any atom is 0.276 e. The zero-order chi connectivity index (χ0) is 21.1. The van der Waals surface area contributed by atoms with E-state index in [9.17, 15) is 14.0 Å². The lowest BCUT2D eigenvalue weighted by Crippen LogP contribution is -2.43. The number of halogens is 1. The third kappa shape index (κ3) is 4.40. The number of amides is 2. The maximum absolute atomic E-state index is 13.2. The second kappa shape index (κ2) is 8.49. The summed E-state index contributed by atoms with van der Waals surface area (Å²) < 4.78 is 18.1. The quantitative estimate of drug-likeness (QED) is 0.700. The zero-order valence-electron chi connectivity index (χ0n) is 16.6. The lowest BCUT2D eigenvalue weighted by molar-refractivity contribution is -0.121. The van der Waals surface area contributed by atoms with E-state index in [1.165, 1.54) is 12.1 Å². The van der Waals surface area contributed by atoms with E-state index in [2.05, 4.69) is 10.5 Å². The summed E-state index contributed by atoms with van der Waals surface area (Å²) in [5, 5.41) is 6.73. The van der Waals surface area contributed by atoms with E-state index >= 15 is 0 Å². The summed E-state index contributed by atoms with van der Waals surface area (Å²) in [6, 6.07) is 15.2. The summed E-state index contributed by atoms with van der Waals surface area (Å²) in [4.78, 5) is 27.1. The number of carbonyl (C=O) groups excluding carboxylic acids is 2. The van der Waals surface area contributed by atoms with Crippen LogP contribution in [0, 0.1) is 18.7 Å². The molecule has 0 radical (unpaired) electrons. The average Bonchev–Trinajstić information content (AvgIpc) is 3.20. The Labute approximate surface area is 173 Å². The van der Waals surface area contributed by atoms with Crippen LogP contribution in [0.5, 0.6) is 0 Å². The SMILES string of the molecule is Cc1cc(C(=O)N2CCC[C@H](C(=O)Nc3cccc(-c4ccc(F)cc4)c3)C2)no1. The van der Waals surface area contributed by atoms with Crippen LogP contribution in [0.1, 0.15) is 29.1 Å². The number of carbonyl (C=O) groups is 2. The smallest absolute Gasteiger partial charge is 0.276 e. The highest BCUT2D eigenvalue weighted by Gasteiger charge is 2.30. The van der Waals surface area contributed by atoms with Crippen molar-refractivity contribution in [3.05, 3.63) is 71.9 Å². The second-order valence-corrected chi connectivity index (χ2v) is 7.49. The number of nitrogens with one attached hydrogen (secondary N) is 1. The fourth-order valence-electron chi connectivity index (χ4n) is 3.67. The van der Waals surface area contributed by atoms with E-state index < -0.39 is 0 Å². The first-order chi connectivity index (χ1) is 14.5. The van der Waals surface area contributed by atoms with E-state index in [0.717, 1.165) is 17.5 Å². The minimum absolute atomic E-state index is 0.125. The van der Waals surface area contributed by atoms with Crippen molar-refractivity contribution in [1.29, 1.82) is 0 Å². The molecule has 1 aromatic heterocycles. The van der Waals surface area contributed by atoms with Gasteiger partial charge in [0, 0.05) is 24.8 Å². The molecular weight excluding hydrogens is 385 g/mol. The first-order valence-electron chi connectivity index (χ1n) is 9.89. The highest BCUT2D eigenvalue weighted by Crippen LogP contribution is 2.25. The number of aromatic nitrogens is 1. The molecule has 30 heavy (non-hydrogen) atoms. The van der Waals surface area contributed by atoms with Gasteiger partial charge >= 0.3 is 0 Å². The van der Waals surface area contributed by atoms with Crippen LogP contribution in [0.25, 0.3) is 11.1 Å². The maximum atomic E-state index is 13.2. The monoisotopic (exact) mass is 407 g/mol. The average molecular weight is 407 g/mol. The molecule has 0 saturated carbocycles. The van der Waals surface area contributed by atoms with E-state index in [0.29, 0.717) is 31.0 Å². The molecule has 1 aliphatic rings. The molecule has 154 valence electrons. The molecule has 1 aliphatic heterocycles. The summed E-state index contributed by atoms with van der Waals surface area (Å²) in [5.41, 5.74) is 2.68. The summed E-state index contributed by atoms with van der Waals surface area (Å²) in [6.45, 7) is 2.67. The van der Waals surface area contributed by atoms with Gasteiger partial charge in [0.1, 0.15) is 11.6 Å². The Hall–Kier alpha value is -3.48. The van der Waals surface area contributed by atoms with Crippen molar-refractivity contribution in [3.8, 4) is 11.1 Å². The molecule has 0 unspecified atom stereocenters. The number of benzene rings is 2. The Morgan fingerprint density at radius 1 is 1.13 bits per heavy atom. The van der Waals surface area contributed by atoms with Crippen molar-refractivity contribution in [2.24, 2.45) is 5.92 Å². The molecule has 3 aromatic rings. The molecule has 0 spiro atoms. The first-order valence-corrected chi connectivity index (χ1v) is 9.89. The van der Waals surface area contributed by atoms with Crippen molar-refractivity contribution >= 4 is 17.5 Å². The van der Waals surface area contributed by atoms with E-state index in [1.54, 1.807) is 30.0 Å². The molecule has 2 heterocycles. The van der Waals surface area contributed by atoms with Crippen LogP contribution in [0.3, 0.4) is 0 Å².